The summed E-state index contributed by atoms with van der Waals surface area (Å²) in [6.07, 6.45) is 3.89. The van der Waals surface area contributed by atoms with E-state index in [1.54, 1.807) is 28.6 Å². The molecule has 7 nitrogen and oxygen atoms in total. The number of piperazine rings is 1. The number of benzene rings is 1. The summed E-state index contributed by atoms with van der Waals surface area (Å²) in [6, 6.07) is 6.57. The number of rotatable bonds is 4. The van der Waals surface area contributed by atoms with Crippen LogP contribution in [0.5, 0.6) is 0 Å². The predicted octanol–water partition coefficient (Wildman–Crippen LogP) is 1.88. The predicted molar refractivity (Wildman–Crippen MR) is 103 cm³/mol. The van der Waals surface area contributed by atoms with Crippen LogP contribution < -0.4 is 0 Å². The molecule has 0 spiro atoms. The second-order valence-electron chi connectivity index (χ2n) is 6.58. The van der Waals surface area contributed by atoms with Crippen molar-refractivity contribution in [1.82, 2.24) is 12.9 Å². The first-order valence-electron chi connectivity index (χ1n) is 8.83. The molecular weight excluding hydrogens is 442 g/mol. The summed E-state index contributed by atoms with van der Waals surface area (Å²) in [5.41, 5.74) is 0. The van der Waals surface area contributed by atoms with Crippen molar-refractivity contribution in [2.45, 2.75) is 30.6 Å². The molecule has 26 heavy (non-hydrogen) atoms. The molecule has 0 unspecified atom stereocenters. The number of hydrogen-bond donors (Lipinski definition) is 0. The van der Waals surface area contributed by atoms with E-state index in [0.717, 1.165) is 25.7 Å². The van der Waals surface area contributed by atoms with E-state index < -0.39 is 20.2 Å². The lowest BCUT2D eigenvalue weighted by Gasteiger charge is -2.36. The summed E-state index contributed by atoms with van der Waals surface area (Å²) in [4.78, 5) is 0.218. The molecule has 3 rings (SSSR count). The summed E-state index contributed by atoms with van der Waals surface area (Å²) in [6.45, 7) is 1.82. The highest BCUT2D eigenvalue weighted by Crippen LogP contribution is 2.23. The third-order valence-corrected chi connectivity index (χ3v) is 9.27. The Labute approximate surface area is 164 Å². The Bertz CT molecular complexity index is 829. The standard InChI is InChI=1S/C16H24BrN3O4S2/c17-15-6-5-7-16(14-15)25(21,22)18-10-12-20(13-11-18)26(23,24)19-8-3-1-2-4-9-19/h5-7,14H,1-4,8-13H2. The van der Waals surface area contributed by atoms with Crippen LogP contribution in [0, 0.1) is 0 Å². The van der Waals surface area contributed by atoms with E-state index >= 15 is 0 Å². The van der Waals surface area contributed by atoms with Gasteiger partial charge in [0.05, 0.1) is 4.90 Å². The summed E-state index contributed by atoms with van der Waals surface area (Å²) >= 11 is 3.29. The van der Waals surface area contributed by atoms with Crippen molar-refractivity contribution < 1.29 is 16.8 Å². The first kappa shape index (κ1) is 20.2. The Hall–Kier alpha value is -0.520. The van der Waals surface area contributed by atoms with Crippen LogP contribution in [0.1, 0.15) is 25.7 Å². The van der Waals surface area contributed by atoms with Crippen LogP contribution in [0.15, 0.2) is 33.6 Å². The van der Waals surface area contributed by atoms with Crippen molar-refractivity contribution in [3.05, 3.63) is 28.7 Å². The lowest BCUT2D eigenvalue weighted by Crippen LogP contribution is -2.54. The van der Waals surface area contributed by atoms with Crippen LogP contribution in [-0.2, 0) is 20.2 Å². The topological polar surface area (TPSA) is 78.0 Å². The SMILES string of the molecule is O=S(=O)(c1cccc(Br)c1)N1CCN(S(=O)(=O)N2CCCCCC2)CC1. The number of hydrogen-bond acceptors (Lipinski definition) is 4. The maximum absolute atomic E-state index is 12.8. The molecule has 0 saturated carbocycles. The van der Waals surface area contributed by atoms with Crippen LogP contribution >= 0.6 is 15.9 Å². The minimum absolute atomic E-state index is 0.169. The molecule has 2 fully saturated rings. The molecule has 0 radical (unpaired) electrons. The third-order valence-electron chi connectivity index (χ3n) is 4.85. The largest absolute Gasteiger partial charge is 0.282 e. The van der Waals surface area contributed by atoms with Crippen LogP contribution in [0.3, 0.4) is 0 Å². The second-order valence-corrected chi connectivity index (χ2v) is 11.4. The van der Waals surface area contributed by atoms with Crippen molar-refractivity contribution in [2.75, 3.05) is 39.3 Å². The van der Waals surface area contributed by atoms with E-state index in [4.69, 9.17) is 0 Å². The molecule has 0 amide bonds. The molecule has 146 valence electrons. The molecule has 0 aromatic heterocycles. The highest BCUT2D eigenvalue weighted by molar-refractivity contribution is 9.10. The van der Waals surface area contributed by atoms with E-state index in [-0.39, 0.29) is 31.1 Å². The summed E-state index contributed by atoms with van der Waals surface area (Å²) < 4.78 is 56.3. The summed E-state index contributed by atoms with van der Waals surface area (Å²) in [5.74, 6) is 0. The molecule has 2 aliphatic heterocycles. The smallest absolute Gasteiger partial charge is 0.207 e. The summed E-state index contributed by atoms with van der Waals surface area (Å²) in [7, 11) is -7.13. The normalized spacial score (nSPS) is 22.2. The Morgan fingerprint density at radius 3 is 1.85 bits per heavy atom. The minimum Gasteiger partial charge on any atom is -0.207 e. The Morgan fingerprint density at radius 1 is 0.731 bits per heavy atom. The molecular formula is C16H24BrN3O4S2. The minimum atomic E-state index is -3.62. The Morgan fingerprint density at radius 2 is 1.27 bits per heavy atom. The highest BCUT2D eigenvalue weighted by atomic mass is 79.9. The van der Waals surface area contributed by atoms with Gasteiger partial charge in [-0.2, -0.15) is 21.3 Å². The Kier molecular flexibility index (Phi) is 6.41. The van der Waals surface area contributed by atoms with Crippen LogP contribution in [0.4, 0.5) is 0 Å². The average molecular weight is 466 g/mol. The van der Waals surface area contributed by atoms with Gasteiger partial charge >= 0.3 is 0 Å². The van der Waals surface area contributed by atoms with Gasteiger partial charge in [0.25, 0.3) is 10.2 Å². The molecule has 0 bridgehead atoms. The van der Waals surface area contributed by atoms with Crippen molar-refractivity contribution in [2.24, 2.45) is 0 Å². The van der Waals surface area contributed by atoms with E-state index in [0.29, 0.717) is 17.6 Å². The highest BCUT2D eigenvalue weighted by Gasteiger charge is 2.36. The second kappa shape index (κ2) is 8.24. The van der Waals surface area contributed by atoms with Gasteiger partial charge in [0.2, 0.25) is 10.0 Å². The molecule has 2 aliphatic rings. The van der Waals surface area contributed by atoms with Crippen molar-refractivity contribution >= 4 is 36.2 Å². The van der Waals surface area contributed by atoms with Crippen molar-refractivity contribution in [3.8, 4) is 0 Å². The van der Waals surface area contributed by atoms with Crippen LogP contribution in [-0.4, -0.2) is 69.0 Å². The first-order valence-corrected chi connectivity index (χ1v) is 12.5. The molecule has 10 heteroatoms. The lowest BCUT2D eigenvalue weighted by atomic mass is 10.2. The summed E-state index contributed by atoms with van der Waals surface area (Å²) in [5, 5.41) is 0. The maximum Gasteiger partial charge on any atom is 0.282 e. The van der Waals surface area contributed by atoms with Gasteiger partial charge in [-0.25, -0.2) is 8.42 Å². The molecule has 1 aromatic carbocycles. The van der Waals surface area contributed by atoms with Gasteiger partial charge in [0, 0.05) is 43.7 Å². The fourth-order valence-electron chi connectivity index (χ4n) is 3.35. The molecule has 0 atom stereocenters. The van der Waals surface area contributed by atoms with E-state index in [9.17, 15) is 16.8 Å². The zero-order valence-electron chi connectivity index (χ0n) is 14.5. The van der Waals surface area contributed by atoms with Gasteiger partial charge in [0.15, 0.2) is 0 Å². The lowest BCUT2D eigenvalue weighted by molar-refractivity contribution is 0.254. The molecule has 0 N–H and O–H groups in total. The van der Waals surface area contributed by atoms with Gasteiger partial charge in [-0.3, -0.25) is 0 Å². The van der Waals surface area contributed by atoms with E-state index in [1.165, 1.54) is 8.61 Å². The molecule has 0 aliphatic carbocycles. The third kappa shape index (κ3) is 4.31. The van der Waals surface area contributed by atoms with Gasteiger partial charge in [0.1, 0.15) is 0 Å². The fourth-order valence-corrected chi connectivity index (χ4v) is 7.04. The molecule has 2 heterocycles. The number of sulfonamides is 1. The zero-order valence-corrected chi connectivity index (χ0v) is 17.8. The van der Waals surface area contributed by atoms with Gasteiger partial charge in [-0.15, -0.1) is 0 Å². The number of nitrogens with zero attached hydrogens (tertiary/aromatic N) is 3. The van der Waals surface area contributed by atoms with Gasteiger partial charge in [-0.1, -0.05) is 34.8 Å². The van der Waals surface area contributed by atoms with E-state index in [1.807, 2.05) is 0 Å². The first-order chi connectivity index (χ1) is 12.3. The monoisotopic (exact) mass is 465 g/mol. The van der Waals surface area contributed by atoms with Crippen LogP contribution in [0.2, 0.25) is 0 Å². The molecule has 1 aromatic rings. The average Bonchev–Trinajstić information content (AvgIpc) is 2.92. The zero-order chi connectivity index (χ0) is 18.8. The van der Waals surface area contributed by atoms with Gasteiger partial charge < -0.3 is 0 Å². The Balaban J connectivity index is 1.68. The fraction of sp³-hybridized carbons (Fsp3) is 0.625. The van der Waals surface area contributed by atoms with Crippen LogP contribution in [0.25, 0.3) is 0 Å². The van der Waals surface area contributed by atoms with Crippen molar-refractivity contribution in [1.29, 1.82) is 0 Å². The van der Waals surface area contributed by atoms with Crippen molar-refractivity contribution in [3.63, 3.8) is 0 Å². The van der Waals surface area contributed by atoms with E-state index in [2.05, 4.69) is 15.9 Å². The number of halogens is 1. The maximum atomic E-state index is 12.8. The van der Waals surface area contributed by atoms with Gasteiger partial charge in [-0.05, 0) is 31.0 Å². The molecule has 2 saturated heterocycles. The quantitative estimate of drug-likeness (QED) is 0.679.